The molecule has 0 aliphatic heterocycles. The predicted molar refractivity (Wildman–Crippen MR) is 89.5 cm³/mol. The van der Waals surface area contributed by atoms with Crippen molar-refractivity contribution < 1.29 is 4.57 Å². The summed E-state index contributed by atoms with van der Waals surface area (Å²) in [4.78, 5) is 0. The third-order valence-corrected chi connectivity index (χ3v) is 4.04. The maximum absolute atomic E-state index is 2.26. The van der Waals surface area contributed by atoms with Crippen molar-refractivity contribution >= 4 is 11.0 Å². The quantitative estimate of drug-likeness (QED) is 0.488. The average molecular weight is 285 g/mol. The summed E-state index contributed by atoms with van der Waals surface area (Å²) in [5, 5.41) is 0. The van der Waals surface area contributed by atoms with Crippen LogP contribution >= 0.6 is 0 Å². The zero-order valence-electron chi connectivity index (χ0n) is 12.5. The van der Waals surface area contributed by atoms with Gasteiger partial charge in [-0.2, -0.15) is 9.13 Å². The minimum absolute atomic E-state index is 1.17. The second-order valence-electron chi connectivity index (χ2n) is 5.47. The zero-order chi connectivity index (χ0) is 14.9. The van der Waals surface area contributed by atoms with Crippen LogP contribution < -0.4 is 4.57 Å². The molecule has 2 heteroatoms. The summed E-state index contributed by atoms with van der Waals surface area (Å²) >= 11 is 0. The number of imidazole rings is 1. The van der Waals surface area contributed by atoms with Gasteiger partial charge in [-0.05, 0) is 42.8 Å². The molecule has 3 aromatic carbocycles. The molecule has 2 nitrogen and oxygen atoms in total. The van der Waals surface area contributed by atoms with Crippen LogP contribution in [0.3, 0.4) is 0 Å². The normalized spacial score (nSPS) is 11.0. The predicted octanol–water partition coefficient (Wildman–Crippen LogP) is 4.22. The van der Waals surface area contributed by atoms with Crippen LogP contribution in [0.1, 0.15) is 5.56 Å². The van der Waals surface area contributed by atoms with E-state index in [0.717, 1.165) is 0 Å². The van der Waals surface area contributed by atoms with Crippen molar-refractivity contribution in [1.82, 2.24) is 4.57 Å². The van der Waals surface area contributed by atoms with E-state index in [0.29, 0.717) is 0 Å². The monoisotopic (exact) mass is 285 g/mol. The van der Waals surface area contributed by atoms with Gasteiger partial charge >= 0.3 is 0 Å². The first-order valence-corrected chi connectivity index (χ1v) is 7.48. The first-order chi connectivity index (χ1) is 10.8. The van der Waals surface area contributed by atoms with Crippen LogP contribution in [-0.2, 0) is 0 Å². The van der Waals surface area contributed by atoms with E-state index in [2.05, 4.69) is 95.2 Å². The Kier molecular flexibility index (Phi) is 3.01. The molecule has 0 saturated carbocycles. The number of fused-ring (bicyclic) bond motifs is 1. The molecule has 22 heavy (non-hydrogen) atoms. The number of hydrogen-bond donors (Lipinski definition) is 0. The maximum Gasteiger partial charge on any atom is 0.255 e. The van der Waals surface area contributed by atoms with Gasteiger partial charge in [0.05, 0.1) is 0 Å². The Morgan fingerprint density at radius 1 is 0.727 bits per heavy atom. The Bertz CT molecular complexity index is 936. The van der Waals surface area contributed by atoms with Crippen LogP contribution in [0.5, 0.6) is 0 Å². The van der Waals surface area contributed by atoms with Crippen molar-refractivity contribution in [2.24, 2.45) is 0 Å². The fourth-order valence-corrected chi connectivity index (χ4v) is 2.93. The van der Waals surface area contributed by atoms with E-state index in [1.54, 1.807) is 0 Å². The standard InChI is InChI=1S/C20H17N2/c1-16-9-5-6-12-18(16)22-15-21(17-10-3-2-4-11-17)19-13-7-8-14-20(19)22/h2-15H,1H3/q+1. The Morgan fingerprint density at radius 3 is 2.23 bits per heavy atom. The van der Waals surface area contributed by atoms with Crippen molar-refractivity contribution in [3.8, 4) is 11.4 Å². The molecule has 0 unspecified atom stereocenters. The Balaban J connectivity index is 2.04. The van der Waals surface area contributed by atoms with Crippen LogP contribution in [0.15, 0.2) is 85.2 Å². The molecule has 4 rings (SSSR count). The largest absolute Gasteiger partial charge is 0.255 e. The van der Waals surface area contributed by atoms with E-state index in [1.165, 1.54) is 28.0 Å². The smallest absolute Gasteiger partial charge is 0.195 e. The molecule has 0 amide bonds. The van der Waals surface area contributed by atoms with Gasteiger partial charge in [0, 0.05) is 0 Å². The van der Waals surface area contributed by atoms with Crippen molar-refractivity contribution in [2.75, 3.05) is 0 Å². The van der Waals surface area contributed by atoms with Gasteiger partial charge in [-0.1, -0.05) is 48.5 Å². The van der Waals surface area contributed by atoms with E-state index in [4.69, 9.17) is 0 Å². The SMILES string of the molecule is Cc1ccccc1-[n+]1cn(-c2ccccc2)c2ccccc21. The summed E-state index contributed by atoms with van der Waals surface area (Å²) < 4.78 is 4.50. The topological polar surface area (TPSA) is 8.81 Å². The molecule has 4 aromatic rings. The summed E-state index contributed by atoms with van der Waals surface area (Å²) in [7, 11) is 0. The Morgan fingerprint density at radius 2 is 1.41 bits per heavy atom. The first kappa shape index (κ1) is 12.8. The van der Waals surface area contributed by atoms with Gasteiger partial charge < -0.3 is 0 Å². The van der Waals surface area contributed by atoms with E-state index in [1.807, 2.05) is 6.07 Å². The molecule has 1 aromatic heterocycles. The lowest BCUT2D eigenvalue weighted by Gasteiger charge is -2.00. The summed E-state index contributed by atoms with van der Waals surface area (Å²) in [5.74, 6) is 0. The van der Waals surface area contributed by atoms with Crippen LogP contribution in [0.25, 0.3) is 22.4 Å². The Hall–Kier alpha value is -2.87. The number of hydrogen-bond acceptors (Lipinski definition) is 0. The average Bonchev–Trinajstić information content (AvgIpc) is 2.96. The van der Waals surface area contributed by atoms with Crippen molar-refractivity contribution in [3.05, 3.63) is 90.8 Å². The first-order valence-electron chi connectivity index (χ1n) is 7.48. The molecule has 1 heterocycles. The lowest BCUT2D eigenvalue weighted by atomic mass is 10.2. The molecular weight excluding hydrogens is 268 g/mol. The highest BCUT2D eigenvalue weighted by molar-refractivity contribution is 5.74. The fraction of sp³-hybridized carbons (Fsp3) is 0.0500. The van der Waals surface area contributed by atoms with E-state index in [-0.39, 0.29) is 0 Å². The van der Waals surface area contributed by atoms with Crippen molar-refractivity contribution in [3.63, 3.8) is 0 Å². The molecule has 0 spiro atoms. The minimum Gasteiger partial charge on any atom is -0.195 e. The van der Waals surface area contributed by atoms with Crippen LogP contribution in [0, 0.1) is 6.92 Å². The molecule has 0 atom stereocenters. The van der Waals surface area contributed by atoms with Crippen LogP contribution in [-0.4, -0.2) is 4.57 Å². The third kappa shape index (κ3) is 2.01. The van der Waals surface area contributed by atoms with E-state index >= 15 is 0 Å². The van der Waals surface area contributed by atoms with Gasteiger partial charge in [-0.25, -0.2) is 0 Å². The van der Waals surface area contributed by atoms with Gasteiger partial charge in [0.15, 0.2) is 11.0 Å². The fourth-order valence-electron chi connectivity index (χ4n) is 2.93. The van der Waals surface area contributed by atoms with E-state index < -0.39 is 0 Å². The summed E-state index contributed by atoms with van der Waals surface area (Å²) in [6, 6.07) is 27.4. The highest BCUT2D eigenvalue weighted by atomic mass is 15.1. The number of aryl methyl sites for hydroxylation is 1. The van der Waals surface area contributed by atoms with Crippen LogP contribution in [0.2, 0.25) is 0 Å². The summed E-state index contributed by atoms with van der Waals surface area (Å²) in [6.45, 7) is 2.15. The van der Waals surface area contributed by atoms with Gasteiger partial charge in [0.2, 0.25) is 0 Å². The molecule has 0 fully saturated rings. The number of benzene rings is 3. The lowest BCUT2D eigenvalue weighted by molar-refractivity contribution is -0.568. The van der Waals surface area contributed by atoms with Crippen molar-refractivity contribution in [1.29, 1.82) is 0 Å². The molecule has 0 aliphatic carbocycles. The minimum atomic E-state index is 1.17. The van der Waals surface area contributed by atoms with E-state index in [9.17, 15) is 0 Å². The highest BCUT2D eigenvalue weighted by Crippen LogP contribution is 2.19. The Labute approximate surface area is 129 Å². The van der Waals surface area contributed by atoms with Gasteiger partial charge in [0.1, 0.15) is 11.4 Å². The summed E-state index contributed by atoms with van der Waals surface area (Å²) in [5.41, 5.74) is 6.07. The number of aromatic nitrogens is 2. The highest BCUT2D eigenvalue weighted by Gasteiger charge is 2.18. The maximum atomic E-state index is 2.26. The van der Waals surface area contributed by atoms with Crippen molar-refractivity contribution in [2.45, 2.75) is 6.92 Å². The van der Waals surface area contributed by atoms with Crippen LogP contribution in [0.4, 0.5) is 0 Å². The number of nitrogens with zero attached hydrogens (tertiary/aromatic N) is 2. The molecule has 0 aliphatic rings. The number of rotatable bonds is 2. The second kappa shape index (κ2) is 5.15. The molecule has 0 N–H and O–H groups in total. The third-order valence-electron chi connectivity index (χ3n) is 4.04. The molecule has 106 valence electrons. The van der Waals surface area contributed by atoms with Gasteiger partial charge in [0.25, 0.3) is 6.33 Å². The lowest BCUT2D eigenvalue weighted by Crippen LogP contribution is -2.29. The summed E-state index contributed by atoms with van der Waals surface area (Å²) in [6.07, 6.45) is 2.17. The molecular formula is C20H17N2+. The zero-order valence-corrected chi connectivity index (χ0v) is 12.5. The molecule has 0 radical (unpaired) electrons. The molecule has 0 bridgehead atoms. The second-order valence-corrected chi connectivity index (χ2v) is 5.47. The van der Waals surface area contributed by atoms with Gasteiger partial charge in [-0.15, -0.1) is 0 Å². The number of para-hydroxylation sites is 4. The molecule has 0 saturated heterocycles. The van der Waals surface area contributed by atoms with Gasteiger partial charge in [-0.3, -0.25) is 0 Å².